The molecule has 0 rings (SSSR count). The van der Waals surface area contributed by atoms with Crippen LogP contribution in [0.4, 0.5) is 0 Å². The molecule has 0 bridgehead atoms. The smallest absolute Gasteiger partial charge is 0.381 e. The summed E-state index contributed by atoms with van der Waals surface area (Å²) in [6, 6.07) is 0.858. The van der Waals surface area contributed by atoms with E-state index in [0.29, 0.717) is 0 Å². The lowest BCUT2D eigenvalue weighted by molar-refractivity contribution is 0.0520. The van der Waals surface area contributed by atoms with Crippen molar-refractivity contribution in [2.75, 3.05) is 39.6 Å². The van der Waals surface area contributed by atoms with E-state index in [1.165, 1.54) is 12.8 Å². The van der Waals surface area contributed by atoms with Gasteiger partial charge in [0.05, 0.1) is 0 Å². The molecule has 0 saturated heterocycles. The molecular formula is C21H47NO4Si. The Morgan fingerprint density at radius 1 is 0.556 bits per heavy atom. The van der Waals surface area contributed by atoms with E-state index in [-0.39, 0.29) is 0 Å². The third-order valence-corrected chi connectivity index (χ3v) is 7.37. The fraction of sp³-hybridized carbons (Fsp3) is 1.00. The van der Waals surface area contributed by atoms with Crippen molar-refractivity contribution in [3.05, 3.63) is 0 Å². The largest absolute Gasteiger partial charge is 0.501 e. The van der Waals surface area contributed by atoms with Crippen LogP contribution < -0.4 is 5.73 Å². The van der Waals surface area contributed by atoms with Crippen LogP contribution in [0.2, 0.25) is 6.04 Å². The Kier molecular flexibility index (Phi) is 20.8. The molecule has 0 aromatic rings. The summed E-state index contributed by atoms with van der Waals surface area (Å²) in [6.45, 7) is 11.2. The van der Waals surface area contributed by atoms with Crippen LogP contribution in [0.1, 0.15) is 91.4 Å². The molecule has 0 radical (unpaired) electrons. The highest BCUT2D eigenvalue weighted by atomic mass is 28.4. The zero-order chi connectivity index (χ0) is 20.1. The molecule has 0 spiro atoms. The summed E-state index contributed by atoms with van der Waals surface area (Å²) >= 11 is 0. The molecule has 0 atom stereocenters. The minimum Gasteiger partial charge on any atom is -0.381 e. The number of hydrogen-bond acceptors (Lipinski definition) is 5. The van der Waals surface area contributed by atoms with Crippen molar-refractivity contribution in [2.24, 2.45) is 5.73 Å². The van der Waals surface area contributed by atoms with Crippen molar-refractivity contribution < 1.29 is 18.0 Å². The van der Waals surface area contributed by atoms with Gasteiger partial charge in [0.2, 0.25) is 0 Å². The van der Waals surface area contributed by atoms with Crippen LogP contribution in [0.25, 0.3) is 0 Å². The first-order chi connectivity index (χ1) is 13.2. The Morgan fingerprint density at radius 2 is 1.04 bits per heavy atom. The van der Waals surface area contributed by atoms with Crippen LogP contribution in [0.15, 0.2) is 0 Å². The van der Waals surface area contributed by atoms with Crippen LogP contribution in [-0.4, -0.2) is 48.4 Å². The van der Waals surface area contributed by atoms with Crippen LogP contribution >= 0.6 is 0 Å². The molecule has 0 amide bonds. The molecule has 6 heteroatoms. The normalized spacial score (nSPS) is 12.0. The van der Waals surface area contributed by atoms with Gasteiger partial charge in [-0.05, 0) is 45.1 Å². The van der Waals surface area contributed by atoms with Crippen molar-refractivity contribution in [1.29, 1.82) is 0 Å². The Labute approximate surface area is 170 Å². The van der Waals surface area contributed by atoms with E-state index in [0.717, 1.165) is 103 Å². The maximum absolute atomic E-state index is 6.26. The molecule has 0 aliphatic heterocycles. The number of ether oxygens (including phenoxy) is 1. The molecule has 0 fully saturated rings. The second-order valence-corrected chi connectivity index (χ2v) is 9.94. The summed E-state index contributed by atoms with van der Waals surface area (Å²) in [5, 5.41) is 0. The molecule has 0 aliphatic rings. The third kappa shape index (κ3) is 16.7. The SMILES string of the molecule is CCCCO[Si](CCCOCCCCCCN)(OCCCC)OCCCC. The average molecular weight is 406 g/mol. The van der Waals surface area contributed by atoms with E-state index in [4.69, 9.17) is 23.7 Å². The van der Waals surface area contributed by atoms with E-state index in [1.54, 1.807) is 0 Å². The van der Waals surface area contributed by atoms with Crippen molar-refractivity contribution in [2.45, 2.75) is 97.4 Å². The van der Waals surface area contributed by atoms with Gasteiger partial charge in [-0.2, -0.15) is 0 Å². The minimum absolute atomic E-state index is 0.739. The summed E-state index contributed by atoms with van der Waals surface area (Å²) in [5.74, 6) is 0. The molecule has 0 unspecified atom stereocenters. The van der Waals surface area contributed by atoms with Crippen LogP contribution in [-0.2, 0) is 18.0 Å². The van der Waals surface area contributed by atoms with Gasteiger partial charge in [0.15, 0.2) is 0 Å². The van der Waals surface area contributed by atoms with Gasteiger partial charge in [-0.3, -0.25) is 0 Å². The lowest BCUT2D eigenvalue weighted by Crippen LogP contribution is -2.46. The van der Waals surface area contributed by atoms with Crippen LogP contribution in [0.3, 0.4) is 0 Å². The zero-order valence-electron chi connectivity index (χ0n) is 18.4. The van der Waals surface area contributed by atoms with Gasteiger partial charge in [0.1, 0.15) is 0 Å². The summed E-state index contributed by atoms with van der Waals surface area (Å²) in [6.07, 6.45) is 12.1. The van der Waals surface area contributed by atoms with Gasteiger partial charge < -0.3 is 23.7 Å². The maximum Gasteiger partial charge on any atom is 0.501 e. The first-order valence-corrected chi connectivity index (χ1v) is 13.4. The van der Waals surface area contributed by atoms with Gasteiger partial charge in [-0.25, -0.2) is 0 Å². The van der Waals surface area contributed by atoms with Crippen molar-refractivity contribution in [3.63, 3.8) is 0 Å². The first-order valence-electron chi connectivity index (χ1n) is 11.4. The lowest BCUT2D eigenvalue weighted by Gasteiger charge is -2.30. The van der Waals surface area contributed by atoms with E-state index < -0.39 is 8.80 Å². The number of unbranched alkanes of at least 4 members (excludes halogenated alkanes) is 6. The predicted molar refractivity (Wildman–Crippen MR) is 116 cm³/mol. The van der Waals surface area contributed by atoms with Gasteiger partial charge in [0, 0.05) is 39.1 Å². The van der Waals surface area contributed by atoms with E-state index in [9.17, 15) is 0 Å². The number of hydrogen-bond donors (Lipinski definition) is 1. The van der Waals surface area contributed by atoms with Crippen molar-refractivity contribution >= 4 is 8.80 Å². The molecule has 0 aromatic heterocycles. The Morgan fingerprint density at radius 3 is 1.52 bits per heavy atom. The molecular weight excluding hydrogens is 358 g/mol. The third-order valence-electron chi connectivity index (χ3n) is 4.47. The monoisotopic (exact) mass is 405 g/mol. The molecule has 0 aromatic carbocycles. The minimum atomic E-state index is -2.59. The fourth-order valence-electron chi connectivity index (χ4n) is 2.65. The number of nitrogens with two attached hydrogens (primary N) is 1. The molecule has 0 saturated carbocycles. The summed E-state index contributed by atoms with van der Waals surface area (Å²) in [5.41, 5.74) is 5.52. The van der Waals surface area contributed by atoms with E-state index in [2.05, 4.69) is 20.8 Å². The molecule has 164 valence electrons. The quantitative estimate of drug-likeness (QED) is 0.195. The van der Waals surface area contributed by atoms with Crippen LogP contribution in [0.5, 0.6) is 0 Å². The molecule has 27 heavy (non-hydrogen) atoms. The maximum atomic E-state index is 6.26. The summed E-state index contributed by atoms with van der Waals surface area (Å²) in [7, 11) is -2.59. The molecule has 5 nitrogen and oxygen atoms in total. The van der Waals surface area contributed by atoms with E-state index in [1.807, 2.05) is 0 Å². The van der Waals surface area contributed by atoms with Gasteiger partial charge >= 0.3 is 8.80 Å². The highest BCUT2D eigenvalue weighted by Gasteiger charge is 2.40. The Balaban J connectivity index is 4.32. The summed E-state index contributed by atoms with van der Waals surface area (Å²) in [4.78, 5) is 0. The van der Waals surface area contributed by atoms with Crippen molar-refractivity contribution in [1.82, 2.24) is 0 Å². The molecule has 0 aliphatic carbocycles. The average Bonchev–Trinajstić information content (AvgIpc) is 2.67. The van der Waals surface area contributed by atoms with Gasteiger partial charge in [0.25, 0.3) is 0 Å². The predicted octanol–water partition coefficient (Wildman–Crippen LogP) is 5.30. The number of rotatable bonds is 22. The summed E-state index contributed by atoms with van der Waals surface area (Å²) < 4.78 is 24.6. The van der Waals surface area contributed by atoms with Gasteiger partial charge in [-0.1, -0.05) is 52.9 Å². The molecule has 0 heterocycles. The highest BCUT2D eigenvalue weighted by Crippen LogP contribution is 2.20. The van der Waals surface area contributed by atoms with E-state index >= 15 is 0 Å². The first kappa shape index (κ1) is 27.0. The van der Waals surface area contributed by atoms with Crippen LogP contribution in [0, 0.1) is 0 Å². The zero-order valence-corrected chi connectivity index (χ0v) is 19.4. The van der Waals surface area contributed by atoms with Gasteiger partial charge in [-0.15, -0.1) is 0 Å². The highest BCUT2D eigenvalue weighted by molar-refractivity contribution is 6.60. The second-order valence-electron chi connectivity index (χ2n) is 7.21. The lowest BCUT2D eigenvalue weighted by atomic mass is 10.2. The molecule has 2 N–H and O–H groups in total. The Hall–Kier alpha value is 0.0169. The van der Waals surface area contributed by atoms with Crippen molar-refractivity contribution in [3.8, 4) is 0 Å². The second kappa shape index (κ2) is 20.7. The Bertz CT molecular complexity index is 269. The fourth-order valence-corrected chi connectivity index (χ4v) is 5.28. The topological polar surface area (TPSA) is 62.9 Å². The standard InChI is InChI=1S/C21H47NO4Si/c1-4-7-18-24-27(25-19-8-5-2,26-20-9-6-3)21-14-17-23-16-13-11-10-12-15-22/h4-22H2,1-3H3.